The van der Waals surface area contributed by atoms with E-state index in [0.29, 0.717) is 41.9 Å². The molecule has 18 unspecified atom stereocenters. The van der Waals surface area contributed by atoms with E-state index in [0.717, 1.165) is 25.7 Å². The van der Waals surface area contributed by atoms with Crippen LogP contribution in [-0.2, 0) is 27.1 Å². The van der Waals surface area contributed by atoms with Crippen molar-refractivity contribution in [1.29, 1.82) is 0 Å². The zero-order valence-corrected chi connectivity index (χ0v) is 31.8. The molecule has 0 amide bonds. The van der Waals surface area contributed by atoms with E-state index in [1.54, 1.807) is 0 Å². The predicted octanol–water partition coefficient (Wildman–Crippen LogP) is 0.727. The number of rotatable bonds is 2. The van der Waals surface area contributed by atoms with Gasteiger partial charge in [-0.25, -0.2) is 13.6 Å². The Morgan fingerprint density at radius 2 is 0.868 bits per heavy atom. The number of nitrogens with zero attached hydrogens (tertiary/aromatic N) is 3. The van der Waals surface area contributed by atoms with Gasteiger partial charge in [0.15, 0.2) is 0 Å². The van der Waals surface area contributed by atoms with Crippen molar-refractivity contribution in [3.8, 4) is 0 Å². The molecule has 0 aromatic carbocycles. The fraction of sp³-hybridized carbons (Fsp3) is 0.914. The van der Waals surface area contributed by atoms with Gasteiger partial charge in [0.25, 0.3) is 5.95 Å². The molecule has 10 rings (SSSR count). The van der Waals surface area contributed by atoms with Crippen molar-refractivity contribution >= 4 is 10.0 Å². The maximum atomic E-state index is 15.3. The molecule has 18 atom stereocenters. The summed E-state index contributed by atoms with van der Waals surface area (Å²) in [6.07, 6.45) is 15.2. The summed E-state index contributed by atoms with van der Waals surface area (Å²) in [6, 6.07) is 0. The van der Waals surface area contributed by atoms with Crippen LogP contribution in [0.15, 0.2) is 0 Å². The molecule has 10 N–H and O–H groups in total. The first kappa shape index (κ1) is 37.6. The molecule has 1 aromatic heterocycles. The van der Waals surface area contributed by atoms with Crippen LogP contribution in [0.25, 0.3) is 0 Å². The van der Waals surface area contributed by atoms with Crippen LogP contribution in [0.3, 0.4) is 0 Å². The molecule has 9 fully saturated rings. The topological polar surface area (TPSA) is 195 Å². The van der Waals surface area contributed by atoms with Gasteiger partial charge in [-0.15, -0.1) is 5.10 Å². The van der Waals surface area contributed by atoms with Crippen molar-refractivity contribution in [2.75, 3.05) is 0 Å². The van der Waals surface area contributed by atoms with Crippen LogP contribution >= 0.6 is 0 Å². The van der Waals surface area contributed by atoms with Crippen LogP contribution in [0.5, 0.6) is 0 Å². The molecule has 4 aliphatic carbocycles. The van der Waals surface area contributed by atoms with Crippen molar-refractivity contribution in [1.82, 2.24) is 57.9 Å². The maximum absolute atomic E-state index is 15.3. The summed E-state index contributed by atoms with van der Waals surface area (Å²) in [5.74, 6) is -1.40. The van der Waals surface area contributed by atoms with E-state index in [-0.39, 0.29) is 78.3 Å². The Balaban J connectivity index is 0.00000372. The van der Waals surface area contributed by atoms with Gasteiger partial charge in [-0.1, -0.05) is 43.6 Å². The van der Waals surface area contributed by atoms with Gasteiger partial charge >= 0.3 is 0 Å². The summed E-state index contributed by atoms with van der Waals surface area (Å²) in [6.45, 7) is 0. The number of halogens is 2. The second-order valence-corrected chi connectivity index (χ2v) is 19.5. The van der Waals surface area contributed by atoms with Gasteiger partial charge < -0.3 is 0 Å². The average Bonchev–Trinajstić information content (AvgIpc) is 3.88. The standard InChI is InChI=1S/C35H56F2N12O2S.Cu/c36-24-25(47-49-48-27(24)37)22-14-13-21-23(26(22)52(38,50)51)35-45-33-20-12-6-5-11-19(20)31(43-33)41-29-16-8-2-1-7-15(16)28(39-29)40-30-17-9-3-4-10-18(17)32(42-30)44-34(21)46-35;/h15-23,26,28-35,39-46H,1-14H2,(H2,38,50,51);. The third-order valence-electron chi connectivity index (χ3n) is 15.4. The number of hydrogen-bond acceptors (Lipinski definition) is 13. The van der Waals surface area contributed by atoms with Gasteiger partial charge in [-0.2, -0.15) is 8.78 Å². The molecule has 1 aromatic rings. The Labute approximate surface area is 321 Å². The Morgan fingerprint density at radius 1 is 0.509 bits per heavy atom. The van der Waals surface area contributed by atoms with Gasteiger partial charge in [0, 0.05) is 28.9 Å². The van der Waals surface area contributed by atoms with E-state index in [1.807, 2.05) is 0 Å². The number of aromatic nitrogens is 3. The molecule has 1 radical (unpaired) electrons. The third kappa shape index (κ3) is 6.52. The first-order valence-corrected chi connectivity index (χ1v) is 22.0. The van der Waals surface area contributed by atoms with Gasteiger partial charge in [0.2, 0.25) is 15.8 Å². The van der Waals surface area contributed by atoms with E-state index in [4.69, 9.17) is 5.14 Å². The summed E-state index contributed by atoms with van der Waals surface area (Å²) in [4.78, 5) is 0. The van der Waals surface area contributed by atoms with Gasteiger partial charge in [0.1, 0.15) is 5.69 Å². The Bertz CT molecular complexity index is 1620. The SMILES string of the molecule is NS(=O)(=O)C1C(c2nnnc(F)c2F)CCC2C3NC4NC(NC5NC(NC6NC(NC(N3)C21)C1CCCCC61)C1CCCCC51)C1CCCCC41.[Cu]. The predicted molar refractivity (Wildman–Crippen MR) is 187 cm³/mol. The molecule has 4 saturated carbocycles. The fourth-order valence-corrected chi connectivity index (χ4v) is 14.8. The minimum Gasteiger partial charge on any atom is -0.286 e. The van der Waals surface area contributed by atoms with E-state index >= 15 is 4.39 Å². The van der Waals surface area contributed by atoms with Gasteiger partial charge in [-0.05, 0) is 98.0 Å². The van der Waals surface area contributed by atoms with Crippen molar-refractivity contribution in [3.63, 3.8) is 0 Å². The molecule has 8 bridgehead atoms. The Morgan fingerprint density at radius 3 is 1.25 bits per heavy atom. The van der Waals surface area contributed by atoms with E-state index in [1.165, 1.54) is 51.4 Å². The van der Waals surface area contributed by atoms with Crippen molar-refractivity contribution < 1.29 is 34.3 Å². The molecule has 5 aliphatic heterocycles. The maximum Gasteiger partial charge on any atom is 0.272 e. The Kier molecular flexibility index (Phi) is 10.4. The second kappa shape index (κ2) is 14.7. The molecule has 9 aliphatic rings. The average molecular weight is 811 g/mol. The van der Waals surface area contributed by atoms with Crippen LogP contribution < -0.4 is 47.7 Å². The van der Waals surface area contributed by atoms with Crippen LogP contribution in [0.4, 0.5) is 8.78 Å². The van der Waals surface area contributed by atoms with Gasteiger partial charge in [-0.3, -0.25) is 42.5 Å². The number of nitrogens with one attached hydrogen (secondary N) is 8. The molecule has 14 nitrogen and oxygen atoms in total. The minimum atomic E-state index is -4.26. The molecule has 0 spiro atoms. The molecular weight excluding hydrogens is 754 g/mol. The number of fused-ring (bicyclic) bond motifs is 20. The van der Waals surface area contributed by atoms with Crippen LogP contribution in [0.1, 0.15) is 102 Å². The Hall–Kier alpha value is -1.02. The molecule has 299 valence electrons. The molecular formula is C35H56CuF2N12O2S. The normalized spacial score (nSPS) is 49.3. The second-order valence-electron chi connectivity index (χ2n) is 17.7. The van der Waals surface area contributed by atoms with E-state index in [2.05, 4.69) is 57.9 Å². The molecule has 5 saturated heterocycles. The fourth-order valence-electron chi connectivity index (χ4n) is 13.3. The zero-order valence-electron chi connectivity index (χ0n) is 30.0. The van der Waals surface area contributed by atoms with Crippen molar-refractivity contribution in [3.05, 3.63) is 17.5 Å². The zero-order chi connectivity index (χ0) is 35.3. The van der Waals surface area contributed by atoms with Crippen LogP contribution in [0, 0.1) is 59.1 Å². The van der Waals surface area contributed by atoms with Gasteiger partial charge in [0.05, 0.1) is 54.6 Å². The molecule has 18 heteroatoms. The van der Waals surface area contributed by atoms with Crippen molar-refractivity contribution in [2.24, 2.45) is 52.5 Å². The first-order chi connectivity index (χ1) is 25.2. The quantitative estimate of drug-likeness (QED) is 0.190. The first-order valence-electron chi connectivity index (χ1n) is 20.4. The summed E-state index contributed by atoms with van der Waals surface area (Å²) in [5.41, 5.74) is -0.311. The minimum absolute atomic E-state index is 0. The van der Waals surface area contributed by atoms with Crippen molar-refractivity contribution in [2.45, 2.75) is 150 Å². The van der Waals surface area contributed by atoms with E-state index in [9.17, 15) is 12.8 Å². The largest absolute Gasteiger partial charge is 0.286 e. The van der Waals surface area contributed by atoms with Crippen LogP contribution in [0.2, 0.25) is 0 Å². The molecule has 6 heterocycles. The number of sulfonamides is 1. The third-order valence-corrected chi connectivity index (χ3v) is 16.8. The summed E-state index contributed by atoms with van der Waals surface area (Å²) < 4.78 is 57.2. The summed E-state index contributed by atoms with van der Waals surface area (Å²) in [5, 5.41) is 47.5. The smallest absolute Gasteiger partial charge is 0.272 e. The number of primary sulfonamides is 1. The summed E-state index contributed by atoms with van der Waals surface area (Å²) >= 11 is 0. The molecule has 53 heavy (non-hydrogen) atoms. The number of nitrogens with two attached hydrogens (primary N) is 1. The van der Waals surface area contributed by atoms with E-state index < -0.39 is 45.0 Å². The monoisotopic (exact) mass is 809 g/mol. The number of hydrogen-bond donors (Lipinski definition) is 9. The summed E-state index contributed by atoms with van der Waals surface area (Å²) in [7, 11) is -4.26. The van der Waals surface area contributed by atoms with Crippen LogP contribution in [-0.4, -0.2) is 78.4 Å².